The molecule has 0 bridgehead atoms. The molecule has 0 aromatic rings. The van der Waals surface area contributed by atoms with Crippen LogP contribution in [0.1, 0.15) is 12.8 Å². The first-order chi connectivity index (χ1) is 5.77. The van der Waals surface area contributed by atoms with Crippen LogP contribution < -0.4 is 10.6 Å². The lowest BCUT2D eigenvalue weighted by Crippen LogP contribution is -2.29. The summed E-state index contributed by atoms with van der Waals surface area (Å²) in [6.45, 7) is 0.755. The molecule has 0 saturated carbocycles. The molecule has 12 heavy (non-hydrogen) atoms. The Morgan fingerprint density at radius 2 is 2.67 bits per heavy atom. The predicted octanol–water partition coefficient (Wildman–Crippen LogP) is -0.376. The summed E-state index contributed by atoms with van der Waals surface area (Å²) in [5, 5.41) is 14.2. The van der Waals surface area contributed by atoms with Gasteiger partial charge in [0, 0.05) is 12.5 Å². The van der Waals surface area contributed by atoms with Gasteiger partial charge in [-0.2, -0.15) is 5.26 Å². The van der Waals surface area contributed by atoms with Crippen molar-refractivity contribution < 1.29 is 4.79 Å². The number of rotatable bonds is 3. The predicted molar refractivity (Wildman–Crippen MR) is 44.2 cm³/mol. The highest BCUT2D eigenvalue weighted by atomic mass is 16.2. The smallest absolute Gasteiger partial charge is 0.223 e. The van der Waals surface area contributed by atoms with Crippen molar-refractivity contribution in [1.82, 2.24) is 10.6 Å². The van der Waals surface area contributed by atoms with Crippen LogP contribution in [-0.2, 0) is 4.79 Å². The van der Waals surface area contributed by atoms with Crippen molar-refractivity contribution >= 4 is 5.91 Å². The molecule has 1 fully saturated rings. The molecule has 1 amide bonds. The summed E-state index contributed by atoms with van der Waals surface area (Å²) in [6, 6.07) is 1.91. The lowest BCUT2D eigenvalue weighted by atomic mass is 9.99. The molecular weight excluding hydrogens is 154 g/mol. The van der Waals surface area contributed by atoms with E-state index in [-0.39, 0.29) is 17.9 Å². The van der Waals surface area contributed by atoms with Crippen molar-refractivity contribution in [3.63, 3.8) is 0 Å². The summed E-state index contributed by atoms with van der Waals surface area (Å²) in [6.07, 6.45) is 1.48. The second-order valence-corrected chi connectivity index (χ2v) is 2.98. The quantitative estimate of drug-likeness (QED) is 0.602. The first-order valence-corrected chi connectivity index (χ1v) is 4.12. The van der Waals surface area contributed by atoms with Crippen molar-refractivity contribution in [2.24, 2.45) is 5.92 Å². The fourth-order valence-electron chi connectivity index (χ4n) is 1.39. The Balaban J connectivity index is 2.40. The van der Waals surface area contributed by atoms with Crippen LogP contribution in [0.15, 0.2) is 0 Å². The van der Waals surface area contributed by atoms with Crippen molar-refractivity contribution in [2.45, 2.75) is 18.9 Å². The third-order valence-electron chi connectivity index (χ3n) is 2.19. The number of carbonyl (C=O) groups excluding carboxylic acids is 1. The topological polar surface area (TPSA) is 64.9 Å². The number of amides is 1. The van der Waals surface area contributed by atoms with Gasteiger partial charge in [0.15, 0.2) is 0 Å². The van der Waals surface area contributed by atoms with Gasteiger partial charge in [0.1, 0.15) is 0 Å². The normalized spacial score (nSPS) is 24.7. The molecule has 0 unspecified atom stereocenters. The molecule has 1 saturated heterocycles. The highest BCUT2D eigenvalue weighted by Gasteiger charge is 2.26. The first kappa shape index (κ1) is 9.01. The summed E-state index contributed by atoms with van der Waals surface area (Å²) >= 11 is 0. The molecular formula is C8H13N3O. The SMILES string of the molecule is CN[C@H](C#N)C[C@@H]1CCNC1=O. The molecule has 1 aliphatic heterocycles. The number of carbonyl (C=O) groups is 1. The lowest BCUT2D eigenvalue weighted by molar-refractivity contribution is -0.122. The van der Waals surface area contributed by atoms with E-state index in [1.54, 1.807) is 7.05 Å². The van der Waals surface area contributed by atoms with E-state index in [2.05, 4.69) is 16.7 Å². The number of hydrogen-bond donors (Lipinski definition) is 2. The van der Waals surface area contributed by atoms with E-state index in [9.17, 15) is 4.79 Å². The van der Waals surface area contributed by atoms with Gasteiger partial charge in [-0.3, -0.25) is 4.79 Å². The van der Waals surface area contributed by atoms with Gasteiger partial charge in [0.25, 0.3) is 0 Å². The Hall–Kier alpha value is -1.08. The van der Waals surface area contributed by atoms with E-state index in [0.717, 1.165) is 13.0 Å². The van der Waals surface area contributed by atoms with Gasteiger partial charge < -0.3 is 10.6 Å². The Bertz CT molecular complexity index is 209. The number of nitrogens with zero attached hydrogens (tertiary/aromatic N) is 1. The van der Waals surface area contributed by atoms with Crippen LogP contribution in [0.4, 0.5) is 0 Å². The van der Waals surface area contributed by atoms with E-state index in [0.29, 0.717) is 6.42 Å². The van der Waals surface area contributed by atoms with Crippen LogP contribution in [0, 0.1) is 17.2 Å². The molecule has 4 nitrogen and oxygen atoms in total. The minimum atomic E-state index is -0.196. The molecule has 1 heterocycles. The van der Waals surface area contributed by atoms with Crippen LogP contribution in [0.2, 0.25) is 0 Å². The summed E-state index contributed by atoms with van der Waals surface area (Å²) < 4.78 is 0. The standard InChI is InChI=1S/C8H13N3O/c1-10-7(5-9)4-6-2-3-11-8(6)12/h6-7,10H,2-4H2,1H3,(H,11,12)/t6-,7-/m0/s1. The average molecular weight is 167 g/mol. The van der Waals surface area contributed by atoms with Crippen molar-refractivity contribution in [3.8, 4) is 6.07 Å². The van der Waals surface area contributed by atoms with E-state index in [1.807, 2.05) is 0 Å². The average Bonchev–Trinajstić information content (AvgIpc) is 2.47. The highest BCUT2D eigenvalue weighted by Crippen LogP contribution is 2.15. The van der Waals surface area contributed by atoms with Gasteiger partial charge in [-0.25, -0.2) is 0 Å². The lowest BCUT2D eigenvalue weighted by Gasteiger charge is -2.10. The van der Waals surface area contributed by atoms with Crippen LogP contribution in [0.3, 0.4) is 0 Å². The summed E-state index contributed by atoms with van der Waals surface area (Å²) in [5.74, 6) is 0.118. The third kappa shape index (κ3) is 1.95. The highest BCUT2D eigenvalue weighted by molar-refractivity contribution is 5.80. The van der Waals surface area contributed by atoms with Gasteiger partial charge in [-0.05, 0) is 19.9 Å². The van der Waals surface area contributed by atoms with Crippen LogP contribution in [-0.4, -0.2) is 25.5 Å². The molecule has 4 heteroatoms. The number of nitrogens with one attached hydrogen (secondary N) is 2. The molecule has 0 radical (unpaired) electrons. The molecule has 0 aromatic carbocycles. The molecule has 0 spiro atoms. The Morgan fingerprint density at radius 3 is 3.08 bits per heavy atom. The van der Waals surface area contributed by atoms with Crippen molar-refractivity contribution in [1.29, 1.82) is 5.26 Å². The molecule has 0 aromatic heterocycles. The summed E-state index contributed by atoms with van der Waals surface area (Å²) in [5.41, 5.74) is 0. The van der Waals surface area contributed by atoms with Gasteiger partial charge in [0.05, 0.1) is 12.1 Å². The molecule has 2 atom stereocenters. The van der Waals surface area contributed by atoms with E-state index in [4.69, 9.17) is 5.26 Å². The van der Waals surface area contributed by atoms with Crippen molar-refractivity contribution in [3.05, 3.63) is 0 Å². The Labute approximate surface area is 71.9 Å². The third-order valence-corrected chi connectivity index (χ3v) is 2.19. The molecule has 1 aliphatic rings. The second-order valence-electron chi connectivity index (χ2n) is 2.98. The summed E-state index contributed by atoms with van der Waals surface area (Å²) in [4.78, 5) is 11.1. The van der Waals surface area contributed by atoms with Gasteiger partial charge in [0.2, 0.25) is 5.91 Å². The maximum atomic E-state index is 11.1. The van der Waals surface area contributed by atoms with E-state index >= 15 is 0 Å². The minimum Gasteiger partial charge on any atom is -0.356 e. The van der Waals surface area contributed by atoms with Gasteiger partial charge in [-0.1, -0.05) is 0 Å². The van der Waals surface area contributed by atoms with Gasteiger partial charge in [-0.15, -0.1) is 0 Å². The van der Waals surface area contributed by atoms with E-state index in [1.165, 1.54) is 0 Å². The largest absolute Gasteiger partial charge is 0.356 e. The molecule has 1 rings (SSSR count). The fraction of sp³-hybridized carbons (Fsp3) is 0.750. The number of hydrogen-bond acceptors (Lipinski definition) is 3. The van der Waals surface area contributed by atoms with Gasteiger partial charge >= 0.3 is 0 Å². The van der Waals surface area contributed by atoms with E-state index < -0.39 is 0 Å². The van der Waals surface area contributed by atoms with Crippen molar-refractivity contribution in [2.75, 3.05) is 13.6 Å². The minimum absolute atomic E-state index is 0.0297. The number of nitriles is 1. The maximum absolute atomic E-state index is 11.1. The molecule has 2 N–H and O–H groups in total. The van der Waals surface area contributed by atoms with Crippen LogP contribution in [0.5, 0.6) is 0 Å². The van der Waals surface area contributed by atoms with Crippen LogP contribution in [0.25, 0.3) is 0 Å². The maximum Gasteiger partial charge on any atom is 0.223 e. The fourth-order valence-corrected chi connectivity index (χ4v) is 1.39. The second kappa shape index (κ2) is 4.07. The molecule has 66 valence electrons. The zero-order valence-corrected chi connectivity index (χ0v) is 7.13. The zero-order valence-electron chi connectivity index (χ0n) is 7.13. The van der Waals surface area contributed by atoms with Crippen LogP contribution >= 0.6 is 0 Å². The first-order valence-electron chi connectivity index (χ1n) is 4.12. The zero-order chi connectivity index (χ0) is 8.97. The molecule has 0 aliphatic carbocycles. The summed E-state index contributed by atoms with van der Waals surface area (Å²) in [7, 11) is 1.74. The monoisotopic (exact) mass is 167 g/mol. The Morgan fingerprint density at radius 1 is 1.92 bits per heavy atom. The Kier molecular flexibility index (Phi) is 3.06.